The summed E-state index contributed by atoms with van der Waals surface area (Å²) < 4.78 is 793. The molecule has 0 aliphatic heterocycles. The Kier molecular flexibility index (Phi) is 5.30. The Morgan fingerprint density at radius 3 is 0.427 bits per heavy atom. The number of benzene rings is 8. The molecule has 0 unspecified atom stereocenters. The van der Waals surface area contributed by atoms with Gasteiger partial charge in [-0.25, -0.2) is 0 Å². The first-order valence-corrected chi connectivity index (χ1v) is 27.6. The zero-order chi connectivity index (χ0) is 144. The maximum Gasteiger partial charge on any atom is 0.122 e. The Morgan fingerprint density at radius 2 is 0.292 bits per heavy atom. The monoisotopic (exact) mass is 1380 g/mol. The van der Waals surface area contributed by atoms with E-state index in [-0.39, 0.29) is 12.1 Å². The number of phenols is 8. The minimum atomic E-state index is -5.26. The minimum Gasteiger partial charge on any atom is -0.507 e. The lowest BCUT2D eigenvalue weighted by atomic mass is 9.79. The van der Waals surface area contributed by atoms with Crippen molar-refractivity contribution >= 4 is 0 Å². The van der Waals surface area contributed by atoms with E-state index in [1.165, 1.54) is 0 Å². The van der Waals surface area contributed by atoms with Crippen LogP contribution in [0.5, 0.6) is 46.0 Å². The van der Waals surface area contributed by atoms with Gasteiger partial charge in [0.2, 0.25) is 0 Å². The first-order chi connectivity index (χ1) is 79.8. The van der Waals surface area contributed by atoms with E-state index in [9.17, 15) is 60.0 Å². The van der Waals surface area contributed by atoms with Crippen molar-refractivity contribution in [2.24, 2.45) is 0 Å². The smallest absolute Gasteiger partial charge is 0.122 e. The van der Waals surface area contributed by atoms with Crippen LogP contribution >= 0.6 is 0 Å². The van der Waals surface area contributed by atoms with Crippen LogP contribution in [-0.2, 0) is 94.7 Å². The summed E-state index contributed by atoms with van der Waals surface area (Å²) >= 11 is 0. The highest BCUT2D eigenvalue weighted by Crippen LogP contribution is 2.47. The summed E-state index contributed by atoms with van der Waals surface area (Å²) in [6.07, 6.45) is -20.6. The lowest BCUT2D eigenvalue weighted by molar-refractivity contribution is 0.450. The molecule has 0 amide bonds. The second-order valence-electron chi connectivity index (χ2n) is 23.1. The van der Waals surface area contributed by atoms with E-state index in [4.69, 9.17) is 98.7 Å². The Morgan fingerprint density at radius 1 is 0.188 bits per heavy atom. The summed E-state index contributed by atoms with van der Waals surface area (Å²) in [6, 6.07) is -34.6. The molecule has 8 nitrogen and oxygen atoms in total. The highest BCUT2D eigenvalue weighted by molar-refractivity contribution is 5.62. The van der Waals surface area contributed by atoms with Crippen molar-refractivity contribution in [3.8, 4) is 46.0 Å². The molecule has 16 bridgehead atoms. The predicted molar refractivity (Wildman–Crippen MR) is 397 cm³/mol. The van der Waals surface area contributed by atoms with E-state index < -0.39 is 523 Å². The molecular weight excluding hydrogens is 1180 g/mol. The van der Waals surface area contributed by atoms with E-state index in [0.29, 0.717) is 0 Å². The van der Waals surface area contributed by atoms with Gasteiger partial charge in [-0.3, -0.25) is 0 Å². The van der Waals surface area contributed by atoms with Crippen LogP contribution in [0.2, 0.25) is 0 Å². The molecule has 1 aliphatic carbocycles. The highest BCUT2D eigenvalue weighted by atomic mass is 16.3. The van der Waals surface area contributed by atoms with Gasteiger partial charge in [0.05, 0.1) is 19.2 Å². The first-order valence-electron chi connectivity index (χ1n) is 70.6. The largest absolute Gasteiger partial charge is 0.507 e. The molecule has 96 heavy (non-hydrogen) atoms. The van der Waals surface area contributed by atoms with Gasteiger partial charge in [-0.15, -0.1) is 0 Å². The Bertz CT molecular complexity index is 7680. The zero-order valence-corrected chi connectivity index (χ0v) is 49.4. The second-order valence-corrected chi connectivity index (χ2v) is 23.1. The summed E-state index contributed by atoms with van der Waals surface area (Å²) in [5.74, 6) is -19.1. The normalized spacial score (nSPS) is 30.5. The summed E-state index contributed by atoms with van der Waals surface area (Å²) in [5, 5.41) is 109. The van der Waals surface area contributed by atoms with Gasteiger partial charge >= 0.3 is 0 Å². The number of rotatable bonds is 0. The lowest BCUT2D eigenvalue weighted by Gasteiger charge is -2.27. The fourth-order valence-electron chi connectivity index (χ4n) is 10.2. The van der Waals surface area contributed by atoms with Crippen molar-refractivity contribution in [1.29, 1.82) is 0 Å². The maximum absolute atomic E-state index is 13.7. The summed E-state index contributed by atoms with van der Waals surface area (Å²) in [7, 11) is 0. The van der Waals surface area contributed by atoms with Crippen LogP contribution < -0.4 is 0 Å². The second kappa shape index (κ2) is 25.2. The van der Waals surface area contributed by atoms with Crippen LogP contribution in [0.15, 0.2) is 96.7 Å². The van der Waals surface area contributed by atoms with Gasteiger partial charge in [-0.2, -0.15) is 0 Å². The molecular formula is C88H112O8. The highest BCUT2D eigenvalue weighted by Gasteiger charge is 2.31. The summed E-state index contributed by atoms with van der Waals surface area (Å²) in [5.41, 5.74) is -95.7. The fourth-order valence-corrected chi connectivity index (χ4v) is 10.2. The summed E-state index contributed by atoms with van der Waals surface area (Å²) in [6.45, 7) is -122. The molecule has 512 valence electrons. The molecule has 1 aliphatic rings. The number of hydrogen-bond acceptors (Lipinski definition) is 8. The van der Waals surface area contributed by atoms with Crippen LogP contribution in [0.3, 0.4) is 0 Å². The van der Waals surface area contributed by atoms with Crippen LogP contribution in [0.4, 0.5) is 0 Å². The number of phenolic OH excluding ortho intramolecular Hbond substituents is 8. The van der Waals surface area contributed by atoms with Crippen molar-refractivity contribution in [3.63, 3.8) is 0 Å². The van der Waals surface area contributed by atoms with Crippen molar-refractivity contribution in [2.45, 2.75) is 259 Å². The van der Waals surface area contributed by atoms with Gasteiger partial charge in [0.15, 0.2) is 0 Å². The molecule has 0 heterocycles. The van der Waals surface area contributed by atoms with E-state index in [2.05, 4.69) is 0 Å². The van der Waals surface area contributed by atoms with Crippen molar-refractivity contribution in [1.82, 2.24) is 0 Å². The van der Waals surface area contributed by atoms with Crippen molar-refractivity contribution in [2.75, 3.05) is 0 Å². The van der Waals surface area contributed by atoms with Crippen molar-refractivity contribution in [3.05, 3.63) is 230 Å². The molecule has 8 aromatic rings. The third-order valence-corrected chi connectivity index (χ3v) is 15.0. The van der Waals surface area contributed by atoms with Gasteiger partial charge in [-0.1, -0.05) is 261 Å². The van der Waals surface area contributed by atoms with Crippen LogP contribution in [-0.4, -0.2) is 40.9 Å². The van der Waals surface area contributed by atoms with E-state index in [0.717, 1.165) is 0 Å². The summed E-state index contributed by atoms with van der Waals surface area (Å²) in [4.78, 5) is 0. The standard InChI is InChI=1S/C88H112O8/c1-81(2,3)65-33-49-25-51-35-66(82(4,5)6)37-53(74(51)90)27-55-39-68(84(10,11)12)41-57(76(55)92)29-59-43-70(86(16,17)18)45-61(78(59)94)31-63-47-72(88(22,23)24)48-64(80(63)96)32-62-46-71(87(19,20)21)44-60(79(62)95)30-58-42-69(85(13,14)15)40-56(77(58)93)28-54-38-67(83(7,8)9)36-52(75(54)91)26-50(34-65)73(49)89/h33-48,89-96H,25-32H2,1-24H3/i1D3,2D3,3D3,4D3,5D3,6D3,7D3,8D3,9D3,10D3,11D3,12D3,13D3,14D3,15D3,16D3,17D3,18D3,19D3,20D3,21D3,22D3,23D3,24D3,33D,34D,35D,36D,37D,38D,39D,40D,41D,42D,43D,46D,47D,48D. The average molecular weight is 1380 g/mol. The first kappa shape index (κ1) is 20.2. The molecule has 9 rings (SSSR count). The predicted octanol–water partition coefficient (Wildman–Crippen LogP) is 20.8. The third kappa shape index (κ3) is 15.6. The molecule has 0 spiro atoms. The molecule has 0 radical (unpaired) electrons. The van der Waals surface area contributed by atoms with Gasteiger partial charge in [0, 0.05) is 150 Å². The Balaban J connectivity index is 1.94. The molecule has 0 atom stereocenters. The van der Waals surface area contributed by atoms with Crippen molar-refractivity contribution < 1.29 is 159 Å². The van der Waals surface area contributed by atoms with E-state index in [1.54, 1.807) is 0 Å². The molecule has 0 aromatic heterocycles. The van der Waals surface area contributed by atoms with Gasteiger partial charge in [0.25, 0.3) is 0 Å². The van der Waals surface area contributed by atoms with Crippen LogP contribution in [0.25, 0.3) is 0 Å². The molecule has 0 fully saturated rings. The quantitative estimate of drug-likeness (QED) is 0.0744. The van der Waals surface area contributed by atoms with E-state index in [1.807, 2.05) is 0 Å². The number of aromatic hydroxyl groups is 8. The topological polar surface area (TPSA) is 162 Å². The molecule has 0 saturated heterocycles. The average Bonchev–Trinajstić information content (AvgIpc) is 0.682. The molecule has 8 aromatic carbocycles. The van der Waals surface area contributed by atoms with Crippen LogP contribution in [0.1, 0.15) is 416 Å². The maximum atomic E-state index is 13.7. The number of fused-ring (bicyclic) bond motifs is 16. The SMILES string of the molecule is [2H]c1c(C(C([2H])([2H])[2H])(C([2H])([2H])[2H])C([2H])([2H])[2H])cc2c(O)c1Cc1c([2H])c(C(C([2H])([2H])[2H])(C([2H])([2H])[2H])C([2H])([2H])[2H])c([2H])c(c1O)Cc1c([2H])c(C(C([2H])([2H])[2H])(C([2H])([2H])[2H])C([2H])([2H])[2H])c([2H])c(c1O)Cc1c([2H])c(C(C([2H])([2H])[2H])(C([2H])([2H])[2H])C([2H])([2H])[2H])c([2H])c(c1O)Cc1c([2H])c(C(C([2H])([2H])[2H])(C([2H])([2H])[2H])C([2H])([2H])[2H])c([2H])c(c1O)Cc1c([2H])c(C(C([2H])([2H])[2H])(C([2H])([2H])[2H])C([2H])([2H])[2H])c([2H])c(c1O)Cc1cc(C(C([2H])([2H])[2H])(C([2H])([2H])[2H])C([2H])([2H])[2H])c([2H])c(c1O)Cc1c([2H])c(C(C([2H])([2H])[2H])(C([2H])([2H])[2H])C([2H])([2H])[2H])c([2H])c(c1O)C2. The zero-order valence-electron chi connectivity index (χ0n) is 135. The third-order valence-electron chi connectivity index (χ3n) is 15.0. The minimum absolute atomic E-state index is 0.301. The fraction of sp³-hybridized carbons (Fsp3) is 0.455. The van der Waals surface area contributed by atoms with Gasteiger partial charge in [0.1, 0.15) is 46.0 Å². The Hall–Kier alpha value is -7.84. The van der Waals surface area contributed by atoms with Gasteiger partial charge in [-0.05, 0) is 177 Å². The van der Waals surface area contributed by atoms with Crippen LogP contribution in [0, 0.1) is 0 Å². The van der Waals surface area contributed by atoms with E-state index >= 15 is 0 Å². The Labute approximate surface area is 696 Å². The lowest BCUT2D eigenvalue weighted by Crippen LogP contribution is -2.15. The molecule has 8 N–H and O–H groups in total. The number of hydrogen-bond donors (Lipinski definition) is 8. The molecule has 8 heteroatoms. The van der Waals surface area contributed by atoms with Gasteiger partial charge < -0.3 is 40.9 Å². The molecule has 0 saturated carbocycles.